The van der Waals surface area contributed by atoms with E-state index in [4.69, 9.17) is 5.21 Å². The van der Waals surface area contributed by atoms with Crippen molar-refractivity contribution in [3.05, 3.63) is 0 Å². The molecule has 0 aromatic rings. The Balaban J connectivity index is 2.45. The molecule has 0 saturated heterocycles. The van der Waals surface area contributed by atoms with Gasteiger partial charge in [0.2, 0.25) is 0 Å². The van der Waals surface area contributed by atoms with Crippen molar-refractivity contribution in [1.82, 2.24) is 0 Å². The summed E-state index contributed by atoms with van der Waals surface area (Å²) in [6.45, 7) is 6.64. The van der Waals surface area contributed by atoms with E-state index in [1.165, 1.54) is 19.3 Å². The maximum absolute atomic E-state index is 8.98. The van der Waals surface area contributed by atoms with Crippen molar-refractivity contribution in [2.24, 2.45) is 21.9 Å². The van der Waals surface area contributed by atoms with Gasteiger partial charge < -0.3 is 5.21 Å². The van der Waals surface area contributed by atoms with E-state index in [0.717, 1.165) is 11.6 Å². The molecule has 12 heavy (non-hydrogen) atoms. The van der Waals surface area contributed by atoms with Gasteiger partial charge in [0.15, 0.2) is 0 Å². The Hall–Kier alpha value is -0.530. The predicted molar refractivity (Wildman–Crippen MR) is 48.5 cm³/mol. The van der Waals surface area contributed by atoms with E-state index in [9.17, 15) is 0 Å². The van der Waals surface area contributed by atoms with E-state index in [1.54, 1.807) is 0 Å². The van der Waals surface area contributed by atoms with Gasteiger partial charge in [0.05, 0.1) is 5.71 Å². The number of hydrogen-bond acceptors (Lipinski definition) is 2. The van der Waals surface area contributed by atoms with Crippen LogP contribution in [0.4, 0.5) is 0 Å². The average Bonchev–Trinajstić information content (AvgIpc) is 2.39. The van der Waals surface area contributed by atoms with Crippen molar-refractivity contribution >= 4 is 5.71 Å². The molecular weight excluding hydrogens is 150 g/mol. The van der Waals surface area contributed by atoms with Crippen LogP contribution in [0.5, 0.6) is 0 Å². The van der Waals surface area contributed by atoms with Gasteiger partial charge in [0.25, 0.3) is 0 Å². The fraction of sp³-hybridized carbons (Fsp3) is 0.900. The van der Waals surface area contributed by atoms with Gasteiger partial charge in [-0.05, 0) is 25.2 Å². The molecule has 2 aliphatic rings. The molecule has 1 N–H and O–H groups in total. The van der Waals surface area contributed by atoms with Gasteiger partial charge in [-0.25, -0.2) is 0 Å². The quantitative estimate of drug-likeness (QED) is 0.436. The molecule has 0 radical (unpaired) electrons. The van der Waals surface area contributed by atoms with E-state index in [0.29, 0.717) is 0 Å². The minimum absolute atomic E-state index is 0.141. The van der Waals surface area contributed by atoms with Gasteiger partial charge in [-0.3, -0.25) is 0 Å². The Morgan fingerprint density at radius 2 is 2.08 bits per heavy atom. The lowest BCUT2D eigenvalue weighted by Crippen LogP contribution is -2.35. The van der Waals surface area contributed by atoms with E-state index in [2.05, 4.69) is 25.9 Å². The maximum Gasteiger partial charge on any atom is 0.0688 e. The molecule has 2 heteroatoms. The smallest absolute Gasteiger partial charge is 0.0688 e. The monoisotopic (exact) mass is 167 g/mol. The van der Waals surface area contributed by atoms with Crippen LogP contribution in [0.15, 0.2) is 5.16 Å². The Labute approximate surface area is 73.7 Å². The molecule has 2 nitrogen and oxygen atoms in total. The fourth-order valence-electron chi connectivity index (χ4n) is 3.29. The van der Waals surface area contributed by atoms with Crippen LogP contribution >= 0.6 is 0 Å². The van der Waals surface area contributed by atoms with Crippen molar-refractivity contribution < 1.29 is 5.21 Å². The summed E-state index contributed by atoms with van der Waals surface area (Å²) in [5.41, 5.74) is 1.39. The molecule has 0 amide bonds. The van der Waals surface area contributed by atoms with Crippen LogP contribution in [-0.2, 0) is 0 Å². The predicted octanol–water partition coefficient (Wildman–Crippen LogP) is 2.66. The van der Waals surface area contributed by atoms with Crippen LogP contribution in [0.25, 0.3) is 0 Å². The van der Waals surface area contributed by atoms with Crippen LogP contribution < -0.4 is 0 Å². The first-order valence-electron chi connectivity index (χ1n) is 4.74. The first-order chi connectivity index (χ1) is 5.50. The Bertz CT molecular complexity index is 237. The number of hydrogen-bond donors (Lipinski definition) is 1. The van der Waals surface area contributed by atoms with Crippen molar-refractivity contribution in [2.75, 3.05) is 0 Å². The van der Waals surface area contributed by atoms with Crippen LogP contribution in [0, 0.1) is 16.7 Å². The first-order valence-corrected chi connectivity index (χ1v) is 4.74. The van der Waals surface area contributed by atoms with Crippen LogP contribution in [0.3, 0.4) is 0 Å². The number of fused-ring (bicyclic) bond motifs is 2. The van der Waals surface area contributed by atoms with Crippen molar-refractivity contribution in [3.63, 3.8) is 0 Å². The molecule has 2 bridgehead atoms. The molecule has 0 unspecified atom stereocenters. The third kappa shape index (κ3) is 0.732. The second-order valence-corrected chi connectivity index (χ2v) is 5.17. The highest BCUT2D eigenvalue weighted by Gasteiger charge is 2.57. The highest BCUT2D eigenvalue weighted by molar-refractivity contribution is 5.97. The SMILES string of the molecule is CC1(C)C(=NO)[C@]2(C)CC[C@H]1C2. The third-order valence-electron chi connectivity index (χ3n) is 4.04. The fourth-order valence-corrected chi connectivity index (χ4v) is 3.29. The van der Waals surface area contributed by atoms with E-state index in [-0.39, 0.29) is 10.8 Å². The largest absolute Gasteiger partial charge is 0.411 e. The van der Waals surface area contributed by atoms with Gasteiger partial charge in [-0.2, -0.15) is 0 Å². The lowest BCUT2D eigenvalue weighted by atomic mass is 9.71. The summed E-state index contributed by atoms with van der Waals surface area (Å²) in [6, 6.07) is 0. The molecular formula is C10H17NO. The van der Waals surface area contributed by atoms with Crippen molar-refractivity contribution in [2.45, 2.75) is 40.0 Å². The van der Waals surface area contributed by atoms with Crippen molar-refractivity contribution in [1.29, 1.82) is 0 Å². The summed E-state index contributed by atoms with van der Waals surface area (Å²) in [5, 5.41) is 12.5. The normalized spacial score (nSPS) is 47.2. The molecule has 2 fully saturated rings. The molecule has 0 spiro atoms. The summed E-state index contributed by atoms with van der Waals surface area (Å²) >= 11 is 0. The maximum atomic E-state index is 8.98. The number of oxime groups is 1. The molecule has 2 saturated carbocycles. The topological polar surface area (TPSA) is 32.6 Å². The lowest BCUT2D eigenvalue weighted by Gasteiger charge is -2.33. The zero-order valence-electron chi connectivity index (χ0n) is 8.09. The standard InChI is InChI=1S/C10H17NO/c1-9(2)7-4-5-10(3,6-7)8(9)11-12/h7,12H,4-6H2,1-3H3/t7-,10+/m0/s1. The molecule has 0 heterocycles. The second-order valence-electron chi connectivity index (χ2n) is 5.17. The molecule has 68 valence electrons. The van der Waals surface area contributed by atoms with Crippen LogP contribution in [-0.4, -0.2) is 10.9 Å². The lowest BCUT2D eigenvalue weighted by molar-refractivity contribution is 0.279. The highest BCUT2D eigenvalue weighted by atomic mass is 16.4. The van der Waals surface area contributed by atoms with E-state index < -0.39 is 0 Å². The number of rotatable bonds is 0. The first kappa shape index (κ1) is 8.09. The van der Waals surface area contributed by atoms with Gasteiger partial charge in [-0.1, -0.05) is 25.9 Å². The molecule has 2 rings (SSSR count). The Morgan fingerprint density at radius 3 is 2.42 bits per heavy atom. The molecule has 0 aromatic heterocycles. The minimum atomic E-state index is 0.141. The summed E-state index contributed by atoms with van der Waals surface area (Å²) in [7, 11) is 0. The molecule has 2 atom stereocenters. The summed E-state index contributed by atoms with van der Waals surface area (Å²) < 4.78 is 0. The molecule has 2 aliphatic carbocycles. The average molecular weight is 167 g/mol. The Morgan fingerprint density at radius 1 is 1.42 bits per heavy atom. The second kappa shape index (κ2) is 2.04. The minimum Gasteiger partial charge on any atom is -0.411 e. The van der Waals surface area contributed by atoms with Gasteiger partial charge in [0.1, 0.15) is 0 Å². The number of nitrogens with zero attached hydrogens (tertiary/aromatic N) is 1. The molecule has 0 aromatic carbocycles. The summed E-state index contributed by atoms with van der Waals surface area (Å²) in [6.07, 6.45) is 3.74. The van der Waals surface area contributed by atoms with E-state index >= 15 is 0 Å². The van der Waals surface area contributed by atoms with Gasteiger partial charge in [-0.15, -0.1) is 0 Å². The van der Waals surface area contributed by atoms with Gasteiger partial charge >= 0.3 is 0 Å². The highest BCUT2D eigenvalue weighted by Crippen LogP contribution is 2.60. The summed E-state index contributed by atoms with van der Waals surface area (Å²) in [4.78, 5) is 0. The zero-order valence-corrected chi connectivity index (χ0v) is 8.09. The summed E-state index contributed by atoms with van der Waals surface area (Å²) in [5.74, 6) is 0.744. The van der Waals surface area contributed by atoms with Gasteiger partial charge in [0, 0.05) is 10.8 Å². The van der Waals surface area contributed by atoms with Crippen LogP contribution in [0.2, 0.25) is 0 Å². The Kier molecular flexibility index (Phi) is 1.37. The van der Waals surface area contributed by atoms with Crippen LogP contribution in [0.1, 0.15) is 40.0 Å². The molecule has 0 aliphatic heterocycles. The zero-order chi connectivity index (χ0) is 8.98. The van der Waals surface area contributed by atoms with Crippen molar-refractivity contribution in [3.8, 4) is 0 Å². The third-order valence-corrected chi connectivity index (χ3v) is 4.04. The van der Waals surface area contributed by atoms with E-state index in [1.807, 2.05) is 0 Å².